The fraction of sp³-hybridized carbons (Fsp3) is 0.833. The van der Waals surface area contributed by atoms with Gasteiger partial charge in [0.1, 0.15) is 5.82 Å². The average molecular weight is 278 g/mol. The summed E-state index contributed by atoms with van der Waals surface area (Å²) in [5, 5.41) is 0. The largest absolute Gasteiger partial charge is 0.345 e. The van der Waals surface area contributed by atoms with Crippen molar-refractivity contribution in [2.24, 2.45) is 5.92 Å². The van der Waals surface area contributed by atoms with Crippen molar-refractivity contribution in [3.05, 3.63) is 17.2 Å². The number of aromatic nitrogens is 2. The van der Waals surface area contributed by atoms with Crippen LogP contribution in [0.15, 0.2) is 0 Å². The van der Waals surface area contributed by atoms with E-state index in [1.165, 1.54) is 30.1 Å². The van der Waals surface area contributed by atoms with Crippen LogP contribution in [0.25, 0.3) is 0 Å². The molecule has 1 heterocycles. The fourth-order valence-electron chi connectivity index (χ4n) is 2.45. The van der Waals surface area contributed by atoms with Crippen LogP contribution in [-0.4, -0.2) is 9.97 Å². The van der Waals surface area contributed by atoms with E-state index >= 15 is 0 Å². The second kappa shape index (κ2) is 7.28. The molecule has 0 amide bonds. The zero-order valence-corrected chi connectivity index (χ0v) is 14.6. The highest BCUT2D eigenvalue weighted by molar-refractivity contribution is 5.24. The van der Waals surface area contributed by atoms with Crippen LogP contribution < -0.4 is 0 Å². The van der Waals surface area contributed by atoms with Gasteiger partial charge in [0.2, 0.25) is 0 Å². The molecule has 1 N–H and O–H groups in total. The summed E-state index contributed by atoms with van der Waals surface area (Å²) in [5.41, 5.74) is 2.86. The smallest absolute Gasteiger partial charge is 0.109 e. The van der Waals surface area contributed by atoms with Gasteiger partial charge in [0, 0.05) is 17.0 Å². The van der Waals surface area contributed by atoms with Crippen LogP contribution in [0, 0.1) is 5.92 Å². The van der Waals surface area contributed by atoms with E-state index < -0.39 is 0 Å². The van der Waals surface area contributed by atoms with Crippen LogP contribution in [0.1, 0.15) is 97.3 Å². The summed E-state index contributed by atoms with van der Waals surface area (Å²) in [6, 6.07) is 0. The average Bonchev–Trinajstić information content (AvgIpc) is 2.82. The summed E-state index contributed by atoms with van der Waals surface area (Å²) in [6.07, 6.45) is 5.97. The van der Waals surface area contributed by atoms with Gasteiger partial charge in [0.15, 0.2) is 0 Å². The lowest BCUT2D eigenvalue weighted by atomic mass is 9.84. The van der Waals surface area contributed by atoms with E-state index in [-0.39, 0.29) is 5.41 Å². The van der Waals surface area contributed by atoms with Gasteiger partial charge in [0.25, 0.3) is 0 Å². The zero-order valence-electron chi connectivity index (χ0n) is 14.6. The molecule has 1 aromatic heterocycles. The molecule has 2 nitrogen and oxygen atoms in total. The van der Waals surface area contributed by atoms with Crippen LogP contribution >= 0.6 is 0 Å². The second-order valence-electron chi connectivity index (χ2n) is 7.28. The lowest BCUT2D eigenvalue weighted by Crippen LogP contribution is -2.18. The molecule has 0 aromatic carbocycles. The summed E-state index contributed by atoms with van der Waals surface area (Å²) in [5.74, 6) is 2.50. The van der Waals surface area contributed by atoms with Gasteiger partial charge in [-0.1, -0.05) is 54.9 Å². The molecular weight excluding hydrogens is 244 g/mol. The molecule has 1 aromatic rings. The third kappa shape index (κ3) is 4.36. The number of aryl methyl sites for hydroxylation is 1. The molecule has 1 rings (SSSR count). The molecule has 2 heteroatoms. The van der Waals surface area contributed by atoms with Crippen molar-refractivity contribution in [2.45, 2.75) is 91.9 Å². The Morgan fingerprint density at radius 1 is 1.15 bits per heavy atom. The van der Waals surface area contributed by atoms with Crippen molar-refractivity contribution in [1.29, 1.82) is 0 Å². The molecule has 1 unspecified atom stereocenters. The maximum Gasteiger partial charge on any atom is 0.109 e. The van der Waals surface area contributed by atoms with E-state index in [0.29, 0.717) is 5.92 Å². The molecule has 0 saturated heterocycles. The highest BCUT2D eigenvalue weighted by Gasteiger charge is 2.26. The highest BCUT2D eigenvalue weighted by Crippen LogP contribution is 2.31. The zero-order chi connectivity index (χ0) is 15.3. The predicted octanol–water partition coefficient (Wildman–Crippen LogP) is 5.59. The van der Waals surface area contributed by atoms with Crippen molar-refractivity contribution < 1.29 is 0 Å². The Bertz CT molecular complexity index is 402. The number of imidazole rings is 1. The highest BCUT2D eigenvalue weighted by atomic mass is 15.0. The van der Waals surface area contributed by atoms with Crippen molar-refractivity contribution in [1.82, 2.24) is 9.97 Å². The SMILES string of the molecule is CCC(C)c1nc(C(C)(C)CC)c(CCCC(C)C)[nH]1. The van der Waals surface area contributed by atoms with E-state index in [0.717, 1.165) is 25.2 Å². The molecule has 0 saturated carbocycles. The number of hydrogen-bond donors (Lipinski definition) is 1. The monoisotopic (exact) mass is 278 g/mol. The molecule has 116 valence electrons. The van der Waals surface area contributed by atoms with Crippen molar-refractivity contribution >= 4 is 0 Å². The van der Waals surface area contributed by atoms with E-state index in [1.54, 1.807) is 0 Å². The minimum absolute atomic E-state index is 0.176. The Labute approximate surface area is 125 Å². The molecule has 20 heavy (non-hydrogen) atoms. The molecule has 0 aliphatic carbocycles. The van der Waals surface area contributed by atoms with Crippen molar-refractivity contribution in [3.63, 3.8) is 0 Å². The van der Waals surface area contributed by atoms with E-state index in [2.05, 4.69) is 53.5 Å². The minimum Gasteiger partial charge on any atom is -0.345 e. The van der Waals surface area contributed by atoms with Crippen molar-refractivity contribution in [2.75, 3.05) is 0 Å². The normalized spacial score (nSPS) is 14.0. The summed E-state index contributed by atoms with van der Waals surface area (Å²) in [6.45, 7) is 16.0. The number of hydrogen-bond acceptors (Lipinski definition) is 1. The van der Waals surface area contributed by atoms with Crippen molar-refractivity contribution in [3.8, 4) is 0 Å². The van der Waals surface area contributed by atoms with Crippen LogP contribution in [0.3, 0.4) is 0 Å². The number of nitrogens with one attached hydrogen (secondary N) is 1. The van der Waals surface area contributed by atoms with E-state index in [4.69, 9.17) is 4.98 Å². The fourth-order valence-corrected chi connectivity index (χ4v) is 2.45. The first-order valence-electron chi connectivity index (χ1n) is 8.41. The summed E-state index contributed by atoms with van der Waals surface area (Å²) in [4.78, 5) is 8.60. The Hall–Kier alpha value is -0.790. The van der Waals surface area contributed by atoms with Gasteiger partial charge >= 0.3 is 0 Å². The van der Waals surface area contributed by atoms with Gasteiger partial charge in [-0.3, -0.25) is 0 Å². The lowest BCUT2D eigenvalue weighted by Gasteiger charge is -2.22. The van der Waals surface area contributed by atoms with E-state index in [1.807, 2.05) is 0 Å². The first kappa shape index (κ1) is 17.3. The molecular formula is C18H34N2. The van der Waals surface area contributed by atoms with Crippen LogP contribution in [0.5, 0.6) is 0 Å². The maximum absolute atomic E-state index is 4.97. The second-order valence-corrected chi connectivity index (χ2v) is 7.28. The predicted molar refractivity (Wildman–Crippen MR) is 88.4 cm³/mol. The van der Waals surface area contributed by atoms with Gasteiger partial charge in [-0.15, -0.1) is 0 Å². The minimum atomic E-state index is 0.176. The standard InChI is InChI=1S/C18H34N2/c1-8-14(5)17-19-15(12-10-11-13(3)4)16(20-17)18(6,7)9-2/h13-14H,8-12H2,1-7H3,(H,19,20). The summed E-state index contributed by atoms with van der Waals surface area (Å²) < 4.78 is 0. The topological polar surface area (TPSA) is 28.7 Å². The number of rotatable bonds is 8. The third-order valence-electron chi connectivity index (χ3n) is 4.61. The Kier molecular flexibility index (Phi) is 6.29. The van der Waals surface area contributed by atoms with Crippen LogP contribution in [0.4, 0.5) is 0 Å². The maximum atomic E-state index is 4.97. The Balaban J connectivity index is 2.97. The van der Waals surface area contributed by atoms with Gasteiger partial charge in [0.05, 0.1) is 5.69 Å². The Morgan fingerprint density at radius 2 is 1.80 bits per heavy atom. The first-order chi connectivity index (χ1) is 9.31. The summed E-state index contributed by atoms with van der Waals surface area (Å²) >= 11 is 0. The number of H-pyrrole nitrogens is 1. The van der Waals surface area contributed by atoms with Gasteiger partial charge in [-0.25, -0.2) is 4.98 Å². The number of nitrogens with zero attached hydrogens (tertiary/aromatic N) is 1. The van der Waals surface area contributed by atoms with Gasteiger partial charge in [-0.05, 0) is 31.6 Å². The molecule has 0 spiro atoms. The lowest BCUT2D eigenvalue weighted by molar-refractivity contribution is 0.481. The molecule has 0 radical (unpaired) electrons. The molecule has 1 atom stereocenters. The Morgan fingerprint density at radius 3 is 2.30 bits per heavy atom. The third-order valence-corrected chi connectivity index (χ3v) is 4.61. The molecule has 0 aliphatic rings. The van der Waals surface area contributed by atoms with Gasteiger partial charge in [-0.2, -0.15) is 0 Å². The summed E-state index contributed by atoms with van der Waals surface area (Å²) in [7, 11) is 0. The molecule has 0 aliphatic heterocycles. The van der Waals surface area contributed by atoms with Crippen LogP contribution in [-0.2, 0) is 11.8 Å². The molecule has 0 fully saturated rings. The van der Waals surface area contributed by atoms with E-state index in [9.17, 15) is 0 Å². The molecule has 0 bridgehead atoms. The van der Waals surface area contributed by atoms with Crippen LogP contribution in [0.2, 0.25) is 0 Å². The quantitative estimate of drug-likeness (QED) is 0.659. The first-order valence-corrected chi connectivity index (χ1v) is 8.41. The van der Waals surface area contributed by atoms with Gasteiger partial charge < -0.3 is 4.98 Å². The number of aromatic amines is 1.